The van der Waals surface area contributed by atoms with E-state index in [1.165, 1.54) is 12.4 Å². The van der Waals surface area contributed by atoms with Gasteiger partial charge >= 0.3 is 0 Å². The minimum Gasteiger partial charge on any atom is -0.476 e. The molecule has 0 unspecified atom stereocenters. The fraction of sp³-hybridized carbons (Fsp3) is 0.133. The number of ether oxygens (including phenoxy) is 1. The van der Waals surface area contributed by atoms with Gasteiger partial charge < -0.3 is 15.0 Å². The SMILES string of the molecule is CCOc1ncccc1NC(=O)c1cc(F)cc2[nH]cnc12. The fourth-order valence-corrected chi connectivity index (χ4v) is 2.12. The van der Waals surface area contributed by atoms with Crippen molar-refractivity contribution in [3.63, 3.8) is 0 Å². The maximum absolute atomic E-state index is 13.6. The lowest BCUT2D eigenvalue weighted by Gasteiger charge is -2.10. The molecule has 0 radical (unpaired) electrons. The van der Waals surface area contributed by atoms with Gasteiger partial charge in [0.2, 0.25) is 5.88 Å². The number of nitrogens with zero attached hydrogens (tertiary/aromatic N) is 2. The molecule has 1 amide bonds. The molecular formula is C15H13FN4O2. The Morgan fingerprint density at radius 1 is 1.41 bits per heavy atom. The molecule has 0 atom stereocenters. The number of anilines is 1. The summed E-state index contributed by atoms with van der Waals surface area (Å²) in [4.78, 5) is 23.3. The number of benzene rings is 1. The van der Waals surface area contributed by atoms with Crippen LogP contribution in [0.1, 0.15) is 17.3 Å². The zero-order chi connectivity index (χ0) is 15.5. The molecule has 112 valence electrons. The largest absolute Gasteiger partial charge is 0.476 e. The van der Waals surface area contributed by atoms with Crippen molar-refractivity contribution in [3.05, 3.63) is 48.2 Å². The highest BCUT2D eigenvalue weighted by Gasteiger charge is 2.16. The zero-order valence-electron chi connectivity index (χ0n) is 11.8. The number of aromatic nitrogens is 3. The second-order valence-electron chi connectivity index (χ2n) is 4.50. The molecule has 22 heavy (non-hydrogen) atoms. The van der Waals surface area contributed by atoms with E-state index in [0.29, 0.717) is 29.2 Å². The first-order valence-electron chi connectivity index (χ1n) is 6.71. The van der Waals surface area contributed by atoms with Crippen LogP contribution in [0.4, 0.5) is 10.1 Å². The first-order chi connectivity index (χ1) is 10.7. The number of fused-ring (bicyclic) bond motifs is 1. The highest BCUT2D eigenvalue weighted by atomic mass is 19.1. The smallest absolute Gasteiger partial charge is 0.258 e. The number of H-pyrrole nitrogens is 1. The molecule has 2 N–H and O–H groups in total. The van der Waals surface area contributed by atoms with Gasteiger partial charge in [-0.2, -0.15) is 0 Å². The number of carbonyl (C=O) groups excluding carboxylic acids is 1. The topological polar surface area (TPSA) is 79.9 Å². The van der Waals surface area contributed by atoms with E-state index in [9.17, 15) is 9.18 Å². The molecule has 0 fully saturated rings. The van der Waals surface area contributed by atoms with Crippen LogP contribution in [0.2, 0.25) is 0 Å². The van der Waals surface area contributed by atoms with Gasteiger partial charge in [-0.05, 0) is 31.2 Å². The molecule has 2 heterocycles. The van der Waals surface area contributed by atoms with Crippen LogP contribution < -0.4 is 10.1 Å². The molecule has 2 aromatic heterocycles. The van der Waals surface area contributed by atoms with E-state index < -0.39 is 11.7 Å². The number of hydrogen-bond acceptors (Lipinski definition) is 4. The van der Waals surface area contributed by atoms with Gasteiger partial charge in [0, 0.05) is 6.20 Å². The summed E-state index contributed by atoms with van der Waals surface area (Å²) < 4.78 is 19.0. The van der Waals surface area contributed by atoms with Crippen LogP contribution in [0, 0.1) is 5.82 Å². The Kier molecular flexibility index (Phi) is 3.69. The molecule has 0 aliphatic carbocycles. The average molecular weight is 300 g/mol. The van der Waals surface area contributed by atoms with E-state index in [4.69, 9.17) is 4.74 Å². The minimum atomic E-state index is -0.516. The Labute approximate surface area is 125 Å². The monoisotopic (exact) mass is 300 g/mol. The Balaban J connectivity index is 1.96. The minimum absolute atomic E-state index is 0.141. The molecule has 3 rings (SSSR count). The Morgan fingerprint density at radius 3 is 3.09 bits per heavy atom. The molecule has 1 aromatic carbocycles. The van der Waals surface area contributed by atoms with Gasteiger partial charge in [-0.3, -0.25) is 4.79 Å². The van der Waals surface area contributed by atoms with Gasteiger partial charge in [0.1, 0.15) is 17.0 Å². The predicted octanol–water partition coefficient (Wildman–Crippen LogP) is 2.75. The number of halogens is 1. The molecule has 0 spiro atoms. The number of imidazole rings is 1. The van der Waals surface area contributed by atoms with E-state index in [-0.39, 0.29) is 5.56 Å². The number of carbonyl (C=O) groups is 1. The highest BCUT2D eigenvalue weighted by Crippen LogP contribution is 2.23. The van der Waals surface area contributed by atoms with E-state index >= 15 is 0 Å². The lowest BCUT2D eigenvalue weighted by Crippen LogP contribution is -2.14. The van der Waals surface area contributed by atoms with Crippen molar-refractivity contribution in [3.8, 4) is 5.88 Å². The number of nitrogens with one attached hydrogen (secondary N) is 2. The van der Waals surface area contributed by atoms with Crippen molar-refractivity contribution in [1.29, 1.82) is 0 Å². The molecule has 3 aromatic rings. The maximum Gasteiger partial charge on any atom is 0.258 e. The molecule has 0 bridgehead atoms. The highest BCUT2D eigenvalue weighted by molar-refractivity contribution is 6.11. The van der Waals surface area contributed by atoms with Crippen LogP contribution in [-0.2, 0) is 0 Å². The first-order valence-corrected chi connectivity index (χ1v) is 6.71. The number of rotatable bonds is 4. The van der Waals surface area contributed by atoms with E-state index in [1.807, 2.05) is 6.92 Å². The number of hydrogen-bond donors (Lipinski definition) is 2. The second-order valence-corrected chi connectivity index (χ2v) is 4.50. The lowest BCUT2D eigenvalue weighted by atomic mass is 10.1. The predicted molar refractivity (Wildman–Crippen MR) is 79.4 cm³/mol. The Bertz CT molecular complexity index is 831. The standard InChI is InChI=1S/C15H13FN4O2/c1-2-22-15-11(4-3-5-17-15)20-14(21)10-6-9(16)7-12-13(10)19-8-18-12/h3-8H,2H2,1H3,(H,18,19)(H,20,21). The number of aromatic amines is 1. The van der Waals surface area contributed by atoms with Crippen molar-refractivity contribution < 1.29 is 13.9 Å². The molecule has 0 saturated heterocycles. The summed E-state index contributed by atoms with van der Waals surface area (Å²) in [5.41, 5.74) is 1.42. The molecular weight excluding hydrogens is 287 g/mol. The second kappa shape index (κ2) is 5.80. The van der Waals surface area contributed by atoms with Crippen molar-refractivity contribution in [1.82, 2.24) is 15.0 Å². The van der Waals surface area contributed by atoms with E-state index in [1.54, 1.807) is 18.3 Å². The molecule has 0 saturated carbocycles. The molecule has 6 nitrogen and oxygen atoms in total. The van der Waals surface area contributed by atoms with Gasteiger partial charge in [-0.15, -0.1) is 0 Å². The van der Waals surface area contributed by atoms with Gasteiger partial charge in [0.25, 0.3) is 5.91 Å². The van der Waals surface area contributed by atoms with Crippen molar-refractivity contribution >= 4 is 22.6 Å². The normalized spacial score (nSPS) is 10.6. The fourth-order valence-electron chi connectivity index (χ4n) is 2.12. The van der Waals surface area contributed by atoms with Gasteiger partial charge in [-0.25, -0.2) is 14.4 Å². The summed E-state index contributed by atoms with van der Waals surface area (Å²) in [6.45, 7) is 2.24. The van der Waals surface area contributed by atoms with Crippen molar-refractivity contribution in [2.45, 2.75) is 6.92 Å². The maximum atomic E-state index is 13.6. The third kappa shape index (κ3) is 2.60. The van der Waals surface area contributed by atoms with Gasteiger partial charge in [-0.1, -0.05) is 0 Å². The quantitative estimate of drug-likeness (QED) is 0.776. The summed E-state index contributed by atoms with van der Waals surface area (Å²) >= 11 is 0. The number of amides is 1. The van der Waals surface area contributed by atoms with Crippen LogP contribution in [0.3, 0.4) is 0 Å². The van der Waals surface area contributed by atoms with Crippen LogP contribution in [0.5, 0.6) is 5.88 Å². The molecule has 0 aliphatic rings. The lowest BCUT2D eigenvalue weighted by molar-refractivity contribution is 0.102. The van der Waals surface area contributed by atoms with Crippen LogP contribution >= 0.6 is 0 Å². The summed E-state index contributed by atoms with van der Waals surface area (Å²) in [5.74, 6) is -0.684. The Hall–Kier alpha value is -2.96. The van der Waals surface area contributed by atoms with Crippen LogP contribution in [0.15, 0.2) is 36.8 Å². The third-order valence-electron chi connectivity index (χ3n) is 3.03. The van der Waals surface area contributed by atoms with Gasteiger partial charge in [0.05, 0.1) is 24.0 Å². The van der Waals surface area contributed by atoms with Crippen LogP contribution in [0.25, 0.3) is 11.0 Å². The molecule has 7 heteroatoms. The summed E-state index contributed by atoms with van der Waals surface area (Å²) in [6.07, 6.45) is 2.98. The summed E-state index contributed by atoms with van der Waals surface area (Å²) in [7, 11) is 0. The van der Waals surface area contributed by atoms with Crippen molar-refractivity contribution in [2.24, 2.45) is 0 Å². The first kappa shape index (κ1) is 14.0. The Morgan fingerprint density at radius 2 is 2.27 bits per heavy atom. The van der Waals surface area contributed by atoms with Crippen molar-refractivity contribution in [2.75, 3.05) is 11.9 Å². The number of pyridine rings is 1. The molecule has 0 aliphatic heterocycles. The average Bonchev–Trinajstić information content (AvgIpc) is 2.96. The van der Waals surface area contributed by atoms with E-state index in [2.05, 4.69) is 20.3 Å². The van der Waals surface area contributed by atoms with Gasteiger partial charge in [0.15, 0.2) is 0 Å². The summed E-state index contributed by atoms with van der Waals surface area (Å²) in [5, 5.41) is 2.67. The summed E-state index contributed by atoms with van der Waals surface area (Å²) in [6, 6.07) is 5.77. The zero-order valence-corrected chi connectivity index (χ0v) is 11.8. The van der Waals surface area contributed by atoms with Crippen LogP contribution in [-0.4, -0.2) is 27.5 Å². The third-order valence-corrected chi connectivity index (χ3v) is 3.03. The van der Waals surface area contributed by atoms with E-state index in [0.717, 1.165) is 6.07 Å².